The van der Waals surface area contributed by atoms with Crippen LogP contribution in [-0.2, 0) is 4.74 Å². The zero-order valence-corrected chi connectivity index (χ0v) is 19.9. The van der Waals surface area contributed by atoms with Gasteiger partial charge in [0.1, 0.15) is 17.4 Å². The fourth-order valence-electron chi connectivity index (χ4n) is 4.64. The first-order valence-corrected chi connectivity index (χ1v) is 11.8. The normalized spacial score (nSPS) is 20.7. The molecule has 0 saturated carbocycles. The molecule has 2 aromatic heterocycles. The Bertz CT molecular complexity index is 1290. The summed E-state index contributed by atoms with van der Waals surface area (Å²) in [6.07, 6.45) is -1.62. The molecule has 2 aliphatic heterocycles. The molecule has 0 bridgehead atoms. The molecule has 0 unspecified atom stereocenters. The average Bonchev–Trinajstić information content (AvgIpc) is 3.26. The van der Waals surface area contributed by atoms with E-state index in [1.807, 2.05) is 0 Å². The lowest BCUT2D eigenvalue weighted by Gasteiger charge is -2.42. The summed E-state index contributed by atoms with van der Waals surface area (Å²) in [5.74, 6) is -0.516. The van der Waals surface area contributed by atoms with Crippen LogP contribution in [0.4, 0.5) is 34.9 Å². The van der Waals surface area contributed by atoms with Crippen LogP contribution in [0, 0.1) is 11.3 Å². The summed E-state index contributed by atoms with van der Waals surface area (Å²) in [5.41, 5.74) is 7.99. The minimum absolute atomic E-state index is 0.0448. The van der Waals surface area contributed by atoms with E-state index >= 15 is 0 Å². The number of fused-ring (bicyclic) bond motifs is 1. The number of ether oxygens (including phenoxy) is 2. The Kier molecular flexibility index (Phi) is 7.11. The lowest BCUT2D eigenvalue weighted by molar-refractivity contribution is -0.0794. The molecule has 198 valence electrons. The van der Waals surface area contributed by atoms with Crippen molar-refractivity contribution < 1.29 is 27.0 Å². The van der Waals surface area contributed by atoms with Gasteiger partial charge in [0.2, 0.25) is 11.8 Å². The minimum Gasteiger partial charge on any atom is -0.479 e. The van der Waals surface area contributed by atoms with E-state index in [0.29, 0.717) is 42.8 Å². The number of nitrogens with one attached hydrogen (secondary N) is 3. The molecule has 0 radical (unpaired) electrons. The van der Waals surface area contributed by atoms with Crippen molar-refractivity contribution in [2.45, 2.75) is 31.1 Å². The van der Waals surface area contributed by atoms with E-state index in [-0.39, 0.29) is 29.2 Å². The molecule has 2 atom stereocenters. The summed E-state index contributed by atoms with van der Waals surface area (Å²) in [6, 6.07) is 4.01. The number of likely N-dealkylation sites (tertiary alicyclic amines) is 1. The second-order valence-electron chi connectivity index (χ2n) is 8.95. The standard InChI is InChI=1S/C23H26F4N8O2/c1-36-22-21-14(12-6-15(24)20(32-28)18(7-12)29-8-19(26)27)2-5-35(21)33-23(31-22)30-17-3-4-34(9-16(17)25)13-10-37-11-13/h2,5-7,13,16-17,19,28-29H,3-4,8-11H2,1H3,(H,30,33)/t16-,17+/m0/s1. The summed E-state index contributed by atoms with van der Waals surface area (Å²) in [7, 11) is 1.41. The van der Waals surface area contributed by atoms with E-state index in [4.69, 9.17) is 15.0 Å². The van der Waals surface area contributed by atoms with E-state index in [2.05, 4.69) is 30.7 Å². The fraction of sp³-hybridized carbons (Fsp3) is 0.478. The maximum atomic E-state index is 14.9. The molecule has 2 fully saturated rings. The van der Waals surface area contributed by atoms with Crippen molar-refractivity contribution in [2.75, 3.05) is 50.6 Å². The Labute approximate surface area is 209 Å². The lowest BCUT2D eigenvalue weighted by Crippen LogP contribution is -2.57. The molecule has 37 heavy (non-hydrogen) atoms. The topological polar surface area (TPSA) is 112 Å². The number of halogens is 4. The van der Waals surface area contributed by atoms with Crippen LogP contribution in [0.3, 0.4) is 0 Å². The monoisotopic (exact) mass is 522 g/mol. The van der Waals surface area contributed by atoms with Gasteiger partial charge >= 0.3 is 0 Å². The molecule has 0 amide bonds. The maximum Gasteiger partial charge on any atom is 0.255 e. The molecule has 2 aliphatic rings. The van der Waals surface area contributed by atoms with Gasteiger partial charge in [-0.05, 0) is 30.2 Å². The predicted molar refractivity (Wildman–Crippen MR) is 127 cm³/mol. The van der Waals surface area contributed by atoms with Gasteiger partial charge in [-0.3, -0.25) is 4.90 Å². The third-order valence-corrected chi connectivity index (χ3v) is 6.63. The Morgan fingerprint density at radius 2 is 2.14 bits per heavy atom. The van der Waals surface area contributed by atoms with Crippen LogP contribution in [0.2, 0.25) is 0 Å². The average molecular weight is 523 g/mol. The maximum absolute atomic E-state index is 14.9. The smallest absolute Gasteiger partial charge is 0.255 e. The minimum atomic E-state index is -2.68. The van der Waals surface area contributed by atoms with Gasteiger partial charge < -0.3 is 20.1 Å². The molecule has 3 N–H and O–H groups in total. The van der Waals surface area contributed by atoms with E-state index < -0.39 is 31.0 Å². The highest BCUT2D eigenvalue weighted by molar-refractivity contribution is 5.87. The number of alkyl halides is 3. The molecular formula is C23H26F4N8O2. The SMILES string of the molecule is COc1nc(N[C@@H]2CCN(C3COC3)C[C@@H]2F)nn2ccc(-c3cc(F)c(N=N)c(NCC(F)F)c3)c12. The van der Waals surface area contributed by atoms with Crippen molar-refractivity contribution in [2.24, 2.45) is 5.11 Å². The van der Waals surface area contributed by atoms with Gasteiger partial charge in [0.05, 0.1) is 44.6 Å². The summed E-state index contributed by atoms with van der Waals surface area (Å²) >= 11 is 0. The lowest BCUT2D eigenvalue weighted by atomic mass is 10.0. The fourth-order valence-corrected chi connectivity index (χ4v) is 4.64. The number of hydrogen-bond donors (Lipinski definition) is 3. The van der Waals surface area contributed by atoms with Crippen molar-refractivity contribution in [1.82, 2.24) is 19.5 Å². The predicted octanol–water partition coefficient (Wildman–Crippen LogP) is 4.11. The van der Waals surface area contributed by atoms with Crippen molar-refractivity contribution in [1.29, 1.82) is 5.53 Å². The van der Waals surface area contributed by atoms with Crippen LogP contribution in [0.25, 0.3) is 16.6 Å². The number of rotatable bonds is 9. The molecule has 4 heterocycles. The van der Waals surface area contributed by atoms with Crippen LogP contribution >= 0.6 is 0 Å². The Balaban J connectivity index is 1.42. The van der Waals surface area contributed by atoms with Crippen molar-refractivity contribution in [3.05, 3.63) is 30.2 Å². The first kappa shape index (κ1) is 25.1. The largest absolute Gasteiger partial charge is 0.479 e. The second kappa shape index (κ2) is 10.5. The van der Waals surface area contributed by atoms with Crippen LogP contribution in [-0.4, -0.2) is 84.1 Å². The van der Waals surface area contributed by atoms with Gasteiger partial charge in [-0.15, -0.1) is 5.10 Å². The molecule has 5 rings (SSSR count). The molecule has 0 aliphatic carbocycles. The van der Waals surface area contributed by atoms with Crippen LogP contribution in [0.5, 0.6) is 5.88 Å². The van der Waals surface area contributed by atoms with Gasteiger partial charge in [-0.2, -0.15) is 10.1 Å². The van der Waals surface area contributed by atoms with E-state index in [0.717, 1.165) is 12.6 Å². The third kappa shape index (κ3) is 5.03. The Morgan fingerprint density at radius 3 is 2.78 bits per heavy atom. The van der Waals surface area contributed by atoms with Crippen molar-refractivity contribution in [3.8, 4) is 17.0 Å². The highest BCUT2D eigenvalue weighted by atomic mass is 19.3. The number of methoxy groups -OCH3 is 1. The van der Waals surface area contributed by atoms with Gasteiger partial charge in [-0.1, -0.05) is 0 Å². The highest BCUT2D eigenvalue weighted by Crippen LogP contribution is 2.38. The number of aromatic nitrogens is 3. The summed E-state index contributed by atoms with van der Waals surface area (Å²) in [4.78, 5) is 6.50. The quantitative estimate of drug-likeness (QED) is 0.287. The summed E-state index contributed by atoms with van der Waals surface area (Å²) < 4.78 is 67.3. The summed E-state index contributed by atoms with van der Waals surface area (Å²) in [5, 5.41) is 13.1. The van der Waals surface area contributed by atoms with Gasteiger partial charge in [0, 0.05) is 24.8 Å². The second-order valence-corrected chi connectivity index (χ2v) is 8.95. The third-order valence-electron chi connectivity index (χ3n) is 6.63. The number of nitrogens with zero attached hydrogens (tertiary/aromatic N) is 5. The van der Waals surface area contributed by atoms with E-state index in [9.17, 15) is 17.6 Å². The van der Waals surface area contributed by atoms with Crippen molar-refractivity contribution >= 4 is 22.8 Å². The molecule has 3 aromatic rings. The first-order chi connectivity index (χ1) is 17.9. The first-order valence-electron chi connectivity index (χ1n) is 11.8. The molecule has 2 saturated heterocycles. The number of benzene rings is 1. The molecule has 10 nitrogen and oxygen atoms in total. The molecule has 1 aromatic carbocycles. The summed E-state index contributed by atoms with van der Waals surface area (Å²) in [6.45, 7) is 1.56. The number of hydrogen-bond acceptors (Lipinski definition) is 9. The molecule has 0 spiro atoms. The zero-order valence-electron chi connectivity index (χ0n) is 19.9. The van der Waals surface area contributed by atoms with Crippen LogP contribution in [0.1, 0.15) is 6.42 Å². The Morgan fingerprint density at radius 1 is 1.32 bits per heavy atom. The van der Waals surface area contributed by atoms with E-state index in [1.54, 1.807) is 12.3 Å². The zero-order chi connectivity index (χ0) is 26.1. The Hall–Kier alpha value is -3.52. The van der Waals surface area contributed by atoms with Crippen LogP contribution in [0.15, 0.2) is 29.5 Å². The van der Waals surface area contributed by atoms with Gasteiger partial charge in [-0.25, -0.2) is 27.6 Å². The van der Waals surface area contributed by atoms with Crippen LogP contribution < -0.4 is 15.4 Å². The highest BCUT2D eigenvalue weighted by Gasteiger charge is 2.35. The molecule has 14 heteroatoms. The van der Waals surface area contributed by atoms with Crippen molar-refractivity contribution in [3.63, 3.8) is 0 Å². The number of anilines is 2. The molecular weight excluding hydrogens is 496 g/mol. The van der Waals surface area contributed by atoms with Gasteiger partial charge in [0.25, 0.3) is 6.43 Å². The van der Waals surface area contributed by atoms with E-state index in [1.165, 1.54) is 17.7 Å². The number of piperidine rings is 1. The van der Waals surface area contributed by atoms with Gasteiger partial charge in [0.15, 0.2) is 5.82 Å².